The van der Waals surface area contributed by atoms with Crippen molar-refractivity contribution in [1.29, 1.82) is 0 Å². The maximum Gasteiger partial charge on any atom is 0.191 e. The molecule has 0 saturated heterocycles. The Bertz CT molecular complexity index is 593. The number of nitrogens with one attached hydrogen (secondary N) is 2. The molecule has 1 fully saturated rings. The molecule has 1 saturated carbocycles. The van der Waals surface area contributed by atoms with Gasteiger partial charge >= 0.3 is 0 Å². The molecule has 2 rings (SSSR count). The molecular formula is C14H21N3O2S. The highest BCUT2D eigenvalue weighted by Gasteiger charge is 2.33. The van der Waals surface area contributed by atoms with Crippen molar-refractivity contribution in [1.82, 2.24) is 10.6 Å². The number of guanidine groups is 1. The molecule has 0 bridgehead atoms. The molecule has 5 nitrogen and oxygen atoms in total. The third kappa shape index (κ3) is 3.96. The lowest BCUT2D eigenvalue weighted by Crippen LogP contribution is -2.38. The molecule has 2 atom stereocenters. The van der Waals surface area contributed by atoms with E-state index in [-0.39, 0.29) is 0 Å². The largest absolute Gasteiger partial charge is 0.353 e. The number of hydrogen-bond donors (Lipinski definition) is 2. The van der Waals surface area contributed by atoms with Crippen molar-refractivity contribution in [3.63, 3.8) is 0 Å². The second-order valence-electron chi connectivity index (χ2n) is 5.31. The summed E-state index contributed by atoms with van der Waals surface area (Å²) >= 11 is 0. The fraction of sp³-hybridized carbons (Fsp3) is 0.500. The minimum Gasteiger partial charge on any atom is -0.353 e. The van der Waals surface area contributed by atoms with Crippen molar-refractivity contribution in [2.24, 2.45) is 10.9 Å². The summed E-state index contributed by atoms with van der Waals surface area (Å²) in [7, 11) is -1.38. The molecule has 0 aliphatic heterocycles. The molecule has 2 N–H and O–H groups in total. The van der Waals surface area contributed by atoms with Gasteiger partial charge in [0.1, 0.15) is 0 Å². The van der Waals surface area contributed by atoms with Crippen molar-refractivity contribution in [3.05, 3.63) is 29.8 Å². The van der Waals surface area contributed by atoms with Crippen molar-refractivity contribution in [3.8, 4) is 0 Å². The van der Waals surface area contributed by atoms with Crippen LogP contribution in [0.25, 0.3) is 0 Å². The van der Waals surface area contributed by atoms with Crippen LogP contribution in [0.15, 0.2) is 34.2 Å². The molecular weight excluding hydrogens is 274 g/mol. The number of hydrogen-bond acceptors (Lipinski definition) is 3. The summed E-state index contributed by atoms with van der Waals surface area (Å²) in [4.78, 5) is 4.52. The molecule has 20 heavy (non-hydrogen) atoms. The number of benzene rings is 1. The molecule has 0 heterocycles. The van der Waals surface area contributed by atoms with Crippen LogP contribution in [0.1, 0.15) is 18.9 Å². The minimum atomic E-state index is -3.13. The van der Waals surface area contributed by atoms with Crippen molar-refractivity contribution < 1.29 is 8.42 Å². The van der Waals surface area contributed by atoms with Crippen LogP contribution in [-0.2, 0) is 16.4 Å². The van der Waals surface area contributed by atoms with Gasteiger partial charge in [-0.05, 0) is 30.0 Å². The second kappa shape index (κ2) is 5.83. The predicted molar refractivity (Wildman–Crippen MR) is 80.5 cm³/mol. The number of rotatable bonds is 4. The molecule has 1 aromatic carbocycles. The van der Waals surface area contributed by atoms with Crippen molar-refractivity contribution in [2.75, 3.05) is 13.3 Å². The molecule has 0 amide bonds. The summed E-state index contributed by atoms with van der Waals surface area (Å²) in [5, 5.41) is 6.56. The Morgan fingerprint density at radius 1 is 1.35 bits per heavy atom. The highest BCUT2D eigenvalue weighted by Crippen LogP contribution is 2.28. The van der Waals surface area contributed by atoms with E-state index in [1.165, 1.54) is 12.7 Å². The SMILES string of the molecule is CN=C(NCc1ccc(S(C)(=O)=O)cc1)NC1CC1C. The van der Waals surface area contributed by atoms with Gasteiger partial charge in [0.25, 0.3) is 0 Å². The number of sulfone groups is 1. The third-order valence-corrected chi connectivity index (χ3v) is 4.60. The summed E-state index contributed by atoms with van der Waals surface area (Å²) in [6.45, 7) is 2.82. The second-order valence-corrected chi connectivity index (χ2v) is 7.32. The van der Waals surface area contributed by atoms with Crippen LogP contribution in [0.3, 0.4) is 0 Å². The maximum absolute atomic E-state index is 11.4. The Kier molecular flexibility index (Phi) is 4.32. The Morgan fingerprint density at radius 2 is 1.95 bits per heavy atom. The predicted octanol–water partition coefficient (Wildman–Crippen LogP) is 1.16. The number of nitrogens with zero attached hydrogens (tertiary/aromatic N) is 1. The standard InChI is InChI=1S/C14H21N3O2S/c1-10-8-13(10)17-14(15-2)16-9-11-4-6-12(7-5-11)20(3,18)19/h4-7,10,13H,8-9H2,1-3H3,(H2,15,16,17). The first-order valence-electron chi connectivity index (χ1n) is 6.66. The molecule has 1 aliphatic rings. The van der Waals surface area contributed by atoms with Crippen LogP contribution in [0, 0.1) is 5.92 Å². The van der Waals surface area contributed by atoms with Gasteiger partial charge in [0.15, 0.2) is 15.8 Å². The van der Waals surface area contributed by atoms with Gasteiger partial charge < -0.3 is 10.6 Å². The van der Waals surface area contributed by atoms with Gasteiger partial charge in [-0.1, -0.05) is 19.1 Å². The zero-order chi connectivity index (χ0) is 14.8. The summed E-state index contributed by atoms with van der Waals surface area (Å²) in [6, 6.07) is 7.41. The summed E-state index contributed by atoms with van der Waals surface area (Å²) < 4.78 is 22.7. The van der Waals surface area contributed by atoms with E-state index < -0.39 is 9.84 Å². The molecule has 0 aromatic heterocycles. The zero-order valence-corrected chi connectivity index (χ0v) is 12.9. The molecule has 110 valence electrons. The van der Waals surface area contributed by atoms with E-state index in [0.717, 1.165) is 11.5 Å². The Balaban J connectivity index is 1.90. The average molecular weight is 295 g/mol. The molecule has 6 heteroatoms. The fourth-order valence-electron chi connectivity index (χ4n) is 1.93. The van der Waals surface area contributed by atoms with E-state index in [1.807, 2.05) is 12.1 Å². The van der Waals surface area contributed by atoms with E-state index in [4.69, 9.17) is 0 Å². The van der Waals surface area contributed by atoms with E-state index in [1.54, 1.807) is 19.2 Å². The van der Waals surface area contributed by atoms with Crippen LogP contribution in [-0.4, -0.2) is 33.7 Å². The normalized spacial score (nSPS) is 22.4. The highest BCUT2D eigenvalue weighted by atomic mass is 32.2. The fourth-order valence-corrected chi connectivity index (χ4v) is 2.56. The summed E-state index contributed by atoms with van der Waals surface area (Å²) in [5.74, 6) is 1.49. The van der Waals surface area contributed by atoms with E-state index in [2.05, 4.69) is 22.5 Å². The Labute approximate surface area is 120 Å². The first-order chi connectivity index (χ1) is 9.40. The number of aliphatic imine (C=N–C) groups is 1. The lowest BCUT2D eigenvalue weighted by molar-refractivity contribution is 0.602. The summed E-state index contributed by atoms with van der Waals surface area (Å²) in [6.07, 6.45) is 2.40. The van der Waals surface area contributed by atoms with Crippen LogP contribution in [0.5, 0.6) is 0 Å². The van der Waals surface area contributed by atoms with Crippen molar-refractivity contribution in [2.45, 2.75) is 30.8 Å². The lowest BCUT2D eigenvalue weighted by atomic mass is 10.2. The lowest BCUT2D eigenvalue weighted by Gasteiger charge is -2.11. The summed E-state index contributed by atoms with van der Waals surface area (Å²) in [5.41, 5.74) is 1.02. The maximum atomic E-state index is 11.4. The topological polar surface area (TPSA) is 70.6 Å². The van der Waals surface area contributed by atoms with Crippen molar-refractivity contribution >= 4 is 15.8 Å². The third-order valence-electron chi connectivity index (χ3n) is 3.47. The van der Waals surface area contributed by atoms with Crippen LogP contribution in [0.4, 0.5) is 0 Å². The quantitative estimate of drug-likeness (QED) is 0.646. The van der Waals surface area contributed by atoms with Crippen LogP contribution in [0.2, 0.25) is 0 Å². The first kappa shape index (κ1) is 14.8. The first-order valence-corrected chi connectivity index (χ1v) is 8.55. The van der Waals surface area contributed by atoms with E-state index in [9.17, 15) is 8.42 Å². The van der Waals surface area contributed by atoms with Gasteiger partial charge in [-0.15, -0.1) is 0 Å². The van der Waals surface area contributed by atoms with Gasteiger partial charge in [0.2, 0.25) is 0 Å². The van der Waals surface area contributed by atoms with Crippen LogP contribution < -0.4 is 10.6 Å². The van der Waals surface area contributed by atoms with Gasteiger partial charge in [-0.2, -0.15) is 0 Å². The van der Waals surface area contributed by atoms with Gasteiger partial charge in [-0.3, -0.25) is 4.99 Å². The van der Waals surface area contributed by atoms with Gasteiger partial charge in [-0.25, -0.2) is 8.42 Å². The average Bonchev–Trinajstić information content (AvgIpc) is 3.09. The molecule has 0 radical (unpaired) electrons. The Hall–Kier alpha value is -1.56. The monoisotopic (exact) mass is 295 g/mol. The Morgan fingerprint density at radius 3 is 2.40 bits per heavy atom. The highest BCUT2D eigenvalue weighted by molar-refractivity contribution is 7.90. The zero-order valence-electron chi connectivity index (χ0n) is 12.1. The molecule has 0 spiro atoms. The van der Waals surface area contributed by atoms with Gasteiger partial charge in [0, 0.05) is 25.9 Å². The molecule has 2 unspecified atom stereocenters. The van der Waals surface area contributed by atoms with E-state index in [0.29, 0.717) is 23.4 Å². The van der Waals surface area contributed by atoms with E-state index >= 15 is 0 Å². The molecule has 1 aliphatic carbocycles. The minimum absolute atomic E-state index is 0.343. The smallest absolute Gasteiger partial charge is 0.191 e. The van der Waals surface area contributed by atoms with Crippen LogP contribution >= 0.6 is 0 Å². The molecule has 1 aromatic rings. The van der Waals surface area contributed by atoms with Gasteiger partial charge in [0.05, 0.1) is 4.90 Å².